The molecule has 0 atom stereocenters. The SMILES string of the molecule is COc1ccc2c(N)c(C(=O)N(C)CCSC)sc2c1. The number of thiophene rings is 1. The van der Waals surface area contributed by atoms with Crippen LogP contribution in [0.2, 0.25) is 0 Å². The molecule has 1 aromatic heterocycles. The van der Waals surface area contributed by atoms with Crippen molar-refractivity contribution in [3.63, 3.8) is 0 Å². The number of anilines is 1. The number of carbonyl (C=O) groups is 1. The first-order chi connectivity index (χ1) is 9.58. The van der Waals surface area contributed by atoms with Crippen LogP contribution in [0.4, 0.5) is 5.69 Å². The lowest BCUT2D eigenvalue weighted by atomic mass is 10.2. The number of ether oxygens (including phenoxy) is 1. The van der Waals surface area contributed by atoms with E-state index < -0.39 is 0 Å². The van der Waals surface area contributed by atoms with E-state index in [2.05, 4.69) is 0 Å². The van der Waals surface area contributed by atoms with Gasteiger partial charge in [0.25, 0.3) is 5.91 Å². The van der Waals surface area contributed by atoms with E-state index >= 15 is 0 Å². The number of methoxy groups -OCH3 is 1. The van der Waals surface area contributed by atoms with Gasteiger partial charge < -0.3 is 15.4 Å². The number of benzene rings is 1. The average Bonchev–Trinajstić information content (AvgIpc) is 2.80. The third-order valence-electron chi connectivity index (χ3n) is 3.11. The van der Waals surface area contributed by atoms with Gasteiger partial charge in [-0.25, -0.2) is 0 Å². The smallest absolute Gasteiger partial charge is 0.265 e. The van der Waals surface area contributed by atoms with Gasteiger partial charge in [0.05, 0.1) is 12.8 Å². The molecule has 4 nitrogen and oxygen atoms in total. The molecule has 0 aliphatic carbocycles. The predicted octanol–water partition coefficient (Wildman–Crippen LogP) is 2.93. The molecule has 1 amide bonds. The van der Waals surface area contributed by atoms with E-state index in [0.29, 0.717) is 10.6 Å². The molecule has 2 aromatic rings. The highest BCUT2D eigenvalue weighted by atomic mass is 32.2. The van der Waals surface area contributed by atoms with Crippen molar-refractivity contribution in [3.8, 4) is 5.75 Å². The molecular formula is C14H18N2O2S2. The summed E-state index contributed by atoms with van der Waals surface area (Å²) in [5, 5.41) is 0.914. The van der Waals surface area contributed by atoms with Crippen LogP contribution in [0.1, 0.15) is 9.67 Å². The third kappa shape index (κ3) is 2.86. The van der Waals surface area contributed by atoms with E-state index in [0.717, 1.165) is 28.1 Å². The maximum atomic E-state index is 12.4. The number of carbonyl (C=O) groups excluding carboxylic acids is 1. The Balaban J connectivity index is 2.34. The molecule has 0 aliphatic rings. The Bertz CT molecular complexity index is 625. The molecule has 1 heterocycles. The number of nitrogens with zero attached hydrogens (tertiary/aromatic N) is 1. The van der Waals surface area contributed by atoms with Crippen LogP contribution in [0, 0.1) is 0 Å². The first kappa shape index (κ1) is 15.0. The van der Waals surface area contributed by atoms with E-state index in [1.54, 1.807) is 23.8 Å². The second-order valence-electron chi connectivity index (χ2n) is 4.43. The molecule has 1 aromatic carbocycles. The van der Waals surface area contributed by atoms with Crippen LogP contribution in [0.5, 0.6) is 5.75 Å². The minimum absolute atomic E-state index is 0.0169. The normalized spacial score (nSPS) is 10.8. The number of amides is 1. The Morgan fingerprint density at radius 1 is 1.50 bits per heavy atom. The molecule has 0 bridgehead atoms. The van der Waals surface area contributed by atoms with Crippen molar-refractivity contribution < 1.29 is 9.53 Å². The van der Waals surface area contributed by atoms with Crippen LogP contribution in [0.15, 0.2) is 18.2 Å². The van der Waals surface area contributed by atoms with E-state index in [1.165, 1.54) is 11.3 Å². The van der Waals surface area contributed by atoms with Crippen molar-refractivity contribution in [3.05, 3.63) is 23.1 Å². The third-order valence-corrected chi connectivity index (χ3v) is 4.85. The standard InChI is InChI=1S/C14H18N2O2S2/c1-16(6-7-19-3)14(17)13-12(15)10-5-4-9(18-2)8-11(10)20-13/h4-5,8H,6-7,15H2,1-3H3. The Kier molecular flexibility index (Phi) is 4.77. The zero-order valence-corrected chi connectivity index (χ0v) is 13.4. The molecule has 2 N–H and O–H groups in total. The van der Waals surface area contributed by atoms with Crippen molar-refractivity contribution >= 4 is 44.8 Å². The van der Waals surface area contributed by atoms with E-state index in [4.69, 9.17) is 10.5 Å². The fourth-order valence-corrected chi connectivity index (χ4v) is 3.49. The maximum absolute atomic E-state index is 12.4. The van der Waals surface area contributed by atoms with Crippen LogP contribution in [0.25, 0.3) is 10.1 Å². The number of nitrogens with two attached hydrogens (primary N) is 1. The van der Waals surface area contributed by atoms with Crippen LogP contribution in [-0.2, 0) is 0 Å². The van der Waals surface area contributed by atoms with Gasteiger partial charge in [0.2, 0.25) is 0 Å². The summed E-state index contributed by atoms with van der Waals surface area (Å²) in [7, 11) is 3.43. The second-order valence-corrected chi connectivity index (χ2v) is 6.46. The molecule has 0 saturated carbocycles. The van der Waals surface area contributed by atoms with Gasteiger partial charge in [0.15, 0.2) is 0 Å². The first-order valence-electron chi connectivity index (χ1n) is 6.19. The number of hydrogen-bond acceptors (Lipinski definition) is 5. The van der Waals surface area contributed by atoms with Gasteiger partial charge in [0.1, 0.15) is 10.6 Å². The monoisotopic (exact) mass is 310 g/mol. The summed E-state index contributed by atoms with van der Waals surface area (Å²) < 4.78 is 6.18. The molecule has 0 radical (unpaired) electrons. The van der Waals surface area contributed by atoms with Crippen molar-refractivity contribution in [2.45, 2.75) is 0 Å². The predicted molar refractivity (Wildman–Crippen MR) is 88.1 cm³/mol. The highest BCUT2D eigenvalue weighted by Gasteiger charge is 2.19. The summed E-state index contributed by atoms with van der Waals surface area (Å²) in [6, 6.07) is 5.67. The second kappa shape index (κ2) is 6.37. The molecule has 108 valence electrons. The van der Waals surface area contributed by atoms with Gasteiger partial charge in [0, 0.05) is 29.4 Å². The fourth-order valence-electron chi connectivity index (χ4n) is 1.89. The average molecular weight is 310 g/mol. The highest BCUT2D eigenvalue weighted by molar-refractivity contribution is 7.98. The van der Waals surface area contributed by atoms with Crippen LogP contribution in [-0.4, -0.2) is 43.5 Å². The van der Waals surface area contributed by atoms with E-state index in [9.17, 15) is 4.79 Å². The van der Waals surface area contributed by atoms with Crippen LogP contribution in [0.3, 0.4) is 0 Å². The number of rotatable bonds is 5. The quantitative estimate of drug-likeness (QED) is 0.922. The lowest BCUT2D eigenvalue weighted by Crippen LogP contribution is -2.28. The van der Waals surface area contributed by atoms with Gasteiger partial charge in [-0.3, -0.25) is 4.79 Å². The summed E-state index contributed by atoms with van der Waals surface area (Å²) in [5.41, 5.74) is 6.68. The summed E-state index contributed by atoms with van der Waals surface area (Å²) in [4.78, 5) is 14.7. The molecule has 0 unspecified atom stereocenters. The van der Waals surface area contributed by atoms with E-state index in [1.807, 2.05) is 31.5 Å². The molecule has 0 saturated heterocycles. The molecule has 6 heteroatoms. The summed E-state index contributed by atoms with van der Waals surface area (Å²) >= 11 is 3.14. The zero-order valence-electron chi connectivity index (χ0n) is 11.8. The van der Waals surface area contributed by atoms with Crippen molar-refractivity contribution in [1.29, 1.82) is 0 Å². The Hall–Kier alpha value is -1.40. The maximum Gasteiger partial charge on any atom is 0.265 e. The first-order valence-corrected chi connectivity index (χ1v) is 8.40. The lowest BCUT2D eigenvalue weighted by molar-refractivity contribution is 0.0809. The van der Waals surface area contributed by atoms with E-state index in [-0.39, 0.29) is 5.91 Å². The van der Waals surface area contributed by atoms with Gasteiger partial charge >= 0.3 is 0 Å². The Morgan fingerprint density at radius 3 is 2.90 bits per heavy atom. The summed E-state index contributed by atoms with van der Waals surface area (Å²) in [6.45, 7) is 0.719. The van der Waals surface area contributed by atoms with Crippen molar-refractivity contribution in [1.82, 2.24) is 4.90 Å². The van der Waals surface area contributed by atoms with Crippen molar-refractivity contribution in [2.24, 2.45) is 0 Å². The topological polar surface area (TPSA) is 55.6 Å². The Morgan fingerprint density at radius 2 is 2.25 bits per heavy atom. The summed E-state index contributed by atoms with van der Waals surface area (Å²) in [5.74, 6) is 1.67. The minimum Gasteiger partial charge on any atom is -0.497 e. The molecular weight excluding hydrogens is 292 g/mol. The van der Waals surface area contributed by atoms with Gasteiger partial charge in [-0.2, -0.15) is 11.8 Å². The molecule has 2 rings (SSSR count). The lowest BCUT2D eigenvalue weighted by Gasteiger charge is -2.15. The fraction of sp³-hybridized carbons (Fsp3) is 0.357. The molecule has 20 heavy (non-hydrogen) atoms. The molecule has 0 fully saturated rings. The van der Waals surface area contributed by atoms with Crippen molar-refractivity contribution in [2.75, 3.05) is 38.4 Å². The molecule has 0 spiro atoms. The number of hydrogen-bond donors (Lipinski definition) is 1. The number of nitrogen functional groups attached to an aromatic ring is 1. The Labute approximate surface area is 126 Å². The number of thioether (sulfide) groups is 1. The largest absolute Gasteiger partial charge is 0.497 e. The van der Waals surface area contributed by atoms with Crippen LogP contribution < -0.4 is 10.5 Å². The highest BCUT2D eigenvalue weighted by Crippen LogP contribution is 2.36. The number of fused-ring (bicyclic) bond motifs is 1. The van der Waals surface area contributed by atoms with Gasteiger partial charge in [-0.05, 0) is 24.5 Å². The van der Waals surface area contributed by atoms with Gasteiger partial charge in [-0.15, -0.1) is 11.3 Å². The zero-order chi connectivity index (χ0) is 14.7. The molecule has 0 aliphatic heterocycles. The van der Waals surface area contributed by atoms with Crippen LogP contribution >= 0.6 is 23.1 Å². The van der Waals surface area contributed by atoms with Gasteiger partial charge in [-0.1, -0.05) is 0 Å². The summed E-state index contributed by atoms with van der Waals surface area (Å²) in [6.07, 6.45) is 2.03. The minimum atomic E-state index is -0.0169.